The van der Waals surface area contributed by atoms with Crippen LogP contribution in [0.5, 0.6) is 0 Å². The second-order valence-electron chi connectivity index (χ2n) is 8.20. The standard InChI is InChI=1S/C26H21N5O2/c1-16-23-20(15-22(27-26(23)33-30-16)17-9-4-2-5-10-17)25(32)28-24-19-13-8-14-21(19)29-31(24)18-11-6-3-7-12-18/h2-7,9-12,15H,8,13-14H2,1H3,(H,28,32). The maximum absolute atomic E-state index is 13.7. The van der Waals surface area contributed by atoms with Crippen LogP contribution in [-0.4, -0.2) is 25.8 Å². The zero-order valence-electron chi connectivity index (χ0n) is 18.1. The first kappa shape index (κ1) is 19.4. The maximum atomic E-state index is 13.7. The lowest BCUT2D eigenvalue weighted by Crippen LogP contribution is -2.17. The smallest absolute Gasteiger partial charge is 0.259 e. The summed E-state index contributed by atoms with van der Waals surface area (Å²) in [6.45, 7) is 1.82. The summed E-state index contributed by atoms with van der Waals surface area (Å²) < 4.78 is 7.28. The molecule has 0 saturated heterocycles. The molecule has 0 spiro atoms. The number of nitrogens with zero attached hydrogens (tertiary/aromatic N) is 4. The summed E-state index contributed by atoms with van der Waals surface area (Å²) in [5.41, 5.74) is 6.06. The molecule has 6 rings (SSSR count). The van der Waals surface area contributed by atoms with Crippen LogP contribution in [0, 0.1) is 6.92 Å². The third-order valence-corrected chi connectivity index (χ3v) is 6.07. The van der Waals surface area contributed by atoms with E-state index in [9.17, 15) is 4.79 Å². The molecular weight excluding hydrogens is 414 g/mol. The highest BCUT2D eigenvalue weighted by Crippen LogP contribution is 2.33. The van der Waals surface area contributed by atoms with E-state index in [0.717, 1.165) is 47.6 Å². The first-order valence-electron chi connectivity index (χ1n) is 11.0. The number of hydrogen-bond acceptors (Lipinski definition) is 5. The van der Waals surface area contributed by atoms with E-state index in [-0.39, 0.29) is 5.91 Å². The Balaban J connectivity index is 1.47. The van der Waals surface area contributed by atoms with Crippen LogP contribution in [0.3, 0.4) is 0 Å². The molecule has 1 amide bonds. The van der Waals surface area contributed by atoms with E-state index in [4.69, 9.17) is 9.62 Å². The molecule has 0 saturated carbocycles. The molecule has 0 fully saturated rings. The van der Waals surface area contributed by atoms with Gasteiger partial charge in [-0.15, -0.1) is 0 Å². The fraction of sp³-hybridized carbons (Fsp3) is 0.154. The second-order valence-corrected chi connectivity index (χ2v) is 8.20. The molecule has 33 heavy (non-hydrogen) atoms. The molecule has 5 aromatic rings. The van der Waals surface area contributed by atoms with Gasteiger partial charge in [-0.05, 0) is 44.4 Å². The second kappa shape index (κ2) is 7.70. The average Bonchev–Trinajstić information content (AvgIpc) is 3.56. The highest BCUT2D eigenvalue weighted by molar-refractivity contribution is 6.13. The quantitative estimate of drug-likeness (QED) is 0.423. The molecular formula is C26H21N5O2. The minimum Gasteiger partial charge on any atom is -0.335 e. The van der Waals surface area contributed by atoms with Crippen LogP contribution in [0.4, 0.5) is 5.82 Å². The summed E-state index contributed by atoms with van der Waals surface area (Å²) >= 11 is 0. The number of pyridine rings is 1. The summed E-state index contributed by atoms with van der Waals surface area (Å²) in [5, 5.41) is 12.6. The van der Waals surface area contributed by atoms with Gasteiger partial charge in [0.2, 0.25) is 0 Å². The number of anilines is 1. The molecule has 3 heterocycles. The fourth-order valence-electron chi connectivity index (χ4n) is 4.48. The number of para-hydroxylation sites is 1. The van der Waals surface area contributed by atoms with Crippen molar-refractivity contribution in [3.8, 4) is 16.9 Å². The predicted octanol–water partition coefficient (Wildman–Crippen LogP) is 5.12. The minimum absolute atomic E-state index is 0.238. The molecule has 1 aliphatic rings. The van der Waals surface area contributed by atoms with Crippen molar-refractivity contribution in [3.05, 3.63) is 89.2 Å². The van der Waals surface area contributed by atoms with Crippen molar-refractivity contribution in [2.45, 2.75) is 26.2 Å². The third-order valence-electron chi connectivity index (χ3n) is 6.07. The van der Waals surface area contributed by atoms with Crippen LogP contribution in [0.2, 0.25) is 0 Å². The normalized spacial score (nSPS) is 12.8. The summed E-state index contributed by atoms with van der Waals surface area (Å²) in [5.74, 6) is 0.483. The largest absolute Gasteiger partial charge is 0.335 e. The van der Waals surface area contributed by atoms with Crippen molar-refractivity contribution in [1.82, 2.24) is 19.9 Å². The number of hydrogen-bond donors (Lipinski definition) is 1. The molecule has 2 aromatic carbocycles. The van der Waals surface area contributed by atoms with Crippen molar-refractivity contribution in [3.63, 3.8) is 0 Å². The Bertz CT molecular complexity index is 1490. The van der Waals surface area contributed by atoms with Crippen molar-refractivity contribution < 1.29 is 9.32 Å². The highest BCUT2D eigenvalue weighted by atomic mass is 16.5. The number of rotatable bonds is 4. The Morgan fingerprint density at radius 3 is 2.58 bits per heavy atom. The Hall–Kier alpha value is -4.26. The zero-order chi connectivity index (χ0) is 22.4. The third kappa shape index (κ3) is 3.29. The van der Waals surface area contributed by atoms with Crippen LogP contribution in [0.15, 0.2) is 71.3 Å². The Morgan fingerprint density at radius 1 is 1.03 bits per heavy atom. The van der Waals surface area contributed by atoms with Crippen LogP contribution < -0.4 is 5.32 Å². The number of aromatic nitrogens is 4. The van der Waals surface area contributed by atoms with E-state index >= 15 is 0 Å². The summed E-state index contributed by atoms with van der Waals surface area (Å²) in [6, 6.07) is 21.4. The maximum Gasteiger partial charge on any atom is 0.259 e. The number of aryl methyl sites for hydroxylation is 2. The van der Waals surface area contributed by atoms with Gasteiger partial charge in [-0.2, -0.15) is 5.10 Å². The number of amides is 1. The molecule has 7 nitrogen and oxygen atoms in total. The van der Waals surface area contributed by atoms with Crippen molar-refractivity contribution >= 4 is 22.8 Å². The van der Waals surface area contributed by atoms with Gasteiger partial charge >= 0.3 is 0 Å². The van der Waals surface area contributed by atoms with E-state index in [1.54, 1.807) is 6.07 Å². The topological polar surface area (TPSA) is 85.8 Å². The molecule has 7 heteroatoms. The molecule has 162 valence electrons. The van der Waals surface area contributed by atoms with Gasteiger partial charge in [0.25, 0.3) is 11.6 Å². The molecule has 1 aliphatic carbocycles. The lowest BCUT2D eigenvalue weighted by atomic mass is 10.0. The van der Waals surface area contributed by atoms with E-state index in [2.05, 4.69) is 15.5 Å². The predicted molar refractivity (Wildman–Crippen MR) is 126 cm³/mol. The summed E-state index contributed by atoms with van der Waals surface area (Å²) in [6.07, 6.45) is 2.85. The number of benzene rings is 2. The molecule has 0 bridgehead atoms. The van der Waals surface area contributed by atoms with Crippen LogP contribution in [-0.2, 0) is 12.8 Å². The summed E-state index contributed by atoms with van der Waals surface area (Å²) in [7, 11) is 0. The molecule has 0 radical (unpaired) electrons. The van der Waals surface area contributed by atoms with Gasteiger partial charge in [0.05, 0.1) is 33.7 Å². The molecule has 3 aromatic heterocycles. The van der Waals surface area contributed by atoms with Crippen molar-refractivity contribution in [2.75, 3.05) is 5.32 Å². The van der Waals surface area contributed by atoms with E-state index in [1.165, 1.54) is 0 Å². The number of fused-ring (bicyclic) bond motifs is 2. The first-order chi connectivity index (χ1) is 16.2. The van der Waals surface area contributed by atoms with Gasteiger partial charge in [0.1, 0.15) is 5.82 Å². The summed E-state index contributed by atoms with van der Waals surface area (Å²) in [4.78, 5) is 18.3. The molecule has 0 aliphatic heterocycles. The van der Waals surface area contributed by atoms with Gasteiger partial charge in [-0.3, -0.25) is 4.79 Å². The van der Waals surface area contributed by atoms with Crippen LogP contribution >= 0.6 is 0 Å². The molecule has 0 atom stereocenters. The van der Waals surface area contributed by atoms with Crippen molar-refractivity contribution in [1.29, 1.82) is 0 Å². The van der Waals surface area contributed by atoms with Crippen LogP contribution in [0.1, 0.15) is 33.7 Å². The molecule has 1 N–H and O–H groups in total. The minimum atomic E-state index is -0.238. The fourth-order valence-corrected chi connectivity index (χ4v) is 4.48. The Morgan fingerprint density at radius 2 is 1.79 bits per heavy atom. The zero-order valence-corrected chi connectivity index (χ0v) is 18.1. The Labute approximate surface area is 190 Å². The van der Waals surface area contributed by atoms with Gasteiger partial charge in [0, 0.05) is 11.1 Å². The highest BCUT2D eigenvalue weighted by Gasteiger charge is 2.26. The lowest BCUT2D eigenvalue weighted by Gasteiger charge is -2.12. The first-order valence-corrected chi connectivity index (χ1v) is 11.0. The number of nitrogens with one attached hydrogen (secondary N) is 1. The Kier molecular flexibility index (Phi) is 4.54. The van der Waals surface area contributed by atoms with E-state index < -0.39 is 0 Å². The average molecular weight is 435 g/mol. The monoisotopic (exact) mass is 435 g/mol. The number of carbonyl (C=O) groups excluding carboxylic acids is 1. The SMILES string of the molecule is Cc1noc2nc(-c3ccccc3)cc(C(=O)Nc3c4c(nn3-c3ccccc3)CCC4)c12. The lowest BCUT2D eigenvalue weighted by molar-refractivity contribution is 0.102. The van der Waals surface area contributed by atoms with Gasteiger partial charge in [0.15, 0.2) is 0 Å². The van der Waals surface area contributed by atoms with Gasteiger partial charge in [-0.25, -0.2) is 9.67 Å². The van der Waals surface area contributed by atoms with E-state index in [1.807, 2.05) is 72.3 Å². The van der Waals surface area contributed by atoms with Gasteiger partial charge < -0.3 is 9.84 Å². The molecule has 0 unspecified atom stereocenters. The van der Waals surface area contributed by atoms with Crippen LogP contribution in [0.25, 0.3) is 28.0 Å². The van der Waals surface area contributed by atoms with Crippen molar-refractivity contribution in [2.24, 2.45) is 0 Å². The van der Waals surface area contributed by atoms with E-state index in [0.29, 0.717) is 28.1 Å². The van der Waals surface area contributed by atoms with Gasteiger partial charge in [-0.1, -0.05) is 53.7 Å². The number of carbonyl (C=O) groups is 1.